The average molecular weight is 349 g/mol. The molecule has 2 aromatic heterocycles. The monoisotopic (exact) mass is 349 g/mol. The lowest BCUT2D eigenvalue weighted by Crippen LogP contribution is -2.23. The van der Waals surface area contributed by atoms with Crippen LogP contribution in [0.25, 0.3) is 5.69 Å². The molecule has 0 aliphatic heterocycles. The quantitative estimate of drug-likeness (QED) is 0.784. The lowest BCUT2D eigenvalue weighted by molar-refractivity contribution is 0.102. The summed E-state index contributed by atoms with van der Waals surface area (Å²) in [6, 6.07) is 11.1. The lowest BCUT2D eigenvalue weighted by atomic mass is 10.2. The fraction of sp³-hybridized carbons (Fsp3) is 0.263. The zero-order valence-electron chi connectivity index (χ0n) is 14.7. The van der Waals surface area contributed by atoms with Crippen molar-refractivity contribution in [2.75, 3.05) is 5.32 Å². The number of rotatable bonds is 3. The van der Waals surface area contributed by atoms with Gasteiger partial charge in [-0.15, -0.1) is 5.10 Å². The van der Waals surface area contributed by atoms with Crippen molar-refractivity contribution in [2.24, 2.45) is 7.05 Å². The van der Waals surface area contributed by atoms with Gasteiger partial charge in [-0.25, -0.2) is 4.68 Å². The maximum absolute atomic E-state index is 12.9. The van der Waals surface area contributed by atoms with E-state index in [0.29, 0.717) is 5.69 Å². The van der Waals surface area contributed by atoms with Crippen molar-refractivity contribution in [1.29, 1.82) is 0 Å². The number of benzene rings is 1. The molecule has 26 heavy (non-hydrogen) atoms. The number of hydrogen-bond acceptors (Lipinski definition) is 4. The van der Waals surface area contributed by atoms with Crippen LogP contribution in [0.2, 0.25) is 0 Å². The molecule has 0 atom stereocenters. The van der Waals surface area contributed by atoms with Crippen molar-refractivity contribution in [3.8, 4) is 5.69 Å². The topological polar surface area (TPSA) is 81.8 Å². The van der Waals surface area contributed by atoms with E-state index in [-0.39, 0.29) is 16.9 Å². The molecule has 0 saturated heterocycles. The van der Waals surface area contributed by atoms with Crippen LogP contribution >= 0.6 is 0 Å². The van der Waals surface area contributed by atoms with Crippen molar-refractivity contribution in [1.82, 2.24) is 19.6 Å². The van der Waals surface area contributed by atoms with E-state index in [1.165, 1.54) is 4.68 Å². The van der Waals surface area contributed by atoms with E-state index in [1.54, 1.807) is 24.7 Å². The van der Waals surface area contributed by atoms with Crippen molar-refractivity contribution in [3.05, 3.63) is 69.4 Å². The molecule has 1 N–H and O–H groups in total. The van der Waals surface area contributed by atoms with Crippen molar-refractivity contribution >= 4 is 11.6 Å². The molecule has 0 fully saturated rings. The minimum absolute atomic E-state index is 0.236. The Morgan fingerprint density at radius 2 is 1.92 bits per heavy atom. The molecule has 0 radical (unpaired) electrons. The zero-order chi connectivity index (χ0) is 18.3. The standard InChI is InChI=1S/C19H19N5O2/c1-12-17(19(26)24(23(12)2)14-8-4-3-5-9-14)20-18(25)16-11-13-7-6-10-15(13)21-22-16/h3-5,8-9,11H,6-7,10H2,1-2H3,(H,20,25). The summed E-state index contributed by atoms with van der Waals surface area (Å²) in [5.74, 6) is -0.418. The van der Waals surface area contributed by atoms with Crippen LogP contribution in [0.5, 0.6) is 0 Å². The third-order valence-electron chi connectivity index (χ3n) is 4.85. The number of fused-ring (bicyclic) bond motifs is 1. The van der Waals surface area contributed by atoms with Gasteiger partial charge >= 0.3 is 0 Å². The minimum Gasteiger partial charge on any atom is -0.314 e. The third kappa shape index (κ3) is 2.61. The molecule has 3 aromatic rings. The fourth-order valence-electron chi connectivity index (χ4n) is 3.33. The molecule has 2 heterocycles. The van der Waals surface area contributed by atoms with Crippen LogP contribution in [0.15, 0.2) is 41.2 Å². The van der Waals surface area contributed by atoms with E-state index >= 15 is 0 Å². The van der Waals surface area contributed by atoms with Gasteiger partial charge in [0.15, 0.2) is 5.69 Å². The number of nitrogens with one attached hydrogen (secondary N) is 1. The van der Waals surface area contributed by atoms with Crippen molar-refractivity contribution in [3.63, 3.8) is 0 Å². The number of para-hydroxylation sites is 1. The van der Waals surface area contributed by atoms with Crippen LogP contribution in [-0.2, 0) is 19.9 Å². The summed E-state index contributed by atoms with van der Waals surface area (Å²) < 4.78 is 3.25. The smallest absolute Gasteiger partial charge is 0.295 e. The molecule has 7 heteroatoms. The molecule has 0 spiro atoms. The SMILES string of the molecule is Cc1c(NC(=O)c2cc3c(nn2)CCC3)c(=O)n(-c2ccccc2)n1C. The van der Waals surface area contributed by atoms with Gasteiger partial charge in [-0.05, 0) is 49.9 Å². The summed E-state index contributed by atoms with van der Waals surface area (Å²) in [6.45, 7) is 1.80. The predicted octanol–water partition coefficient (Wildman–Crippen LogP) is 2.02. The Kier molecular flexibility index (Phi) is 3.91. The molecular weight excluding hydrogens is 330 g/mol. The number of carbonyl (C=O) groups excluding carboxylic acids is 1. The van der Waals surface area contributed by atoms with Gasteiger partial charge in [-0.3, -0.25) is 14.3 Å². The number of hydrogen-bond donors (Lipinski definition) is 1. The molecule has 0 saturated carbocycles. The van der Waals surface area contributed by atoms with Crippen LogP contribution in [0.4, 0.5) is 5.69 Å². The van der Waals surface area contributed by atoms with Gasteiger partial charge < -0.3 is 5.32 Å². The minimum atomic E-state index is -0.418. The Balaban J connectivity index is 1.69. The highest BCUT2D eigenvalue weighted by atomic mass is 16.2. The van der Waals surface area contributed by atoms with Gasteiger partial charge in [-0.1, -0.05) is 18.2 Å². The lowest BCUT2D eigenvalue weighted by Gasteiger charge is -2.07. The Morgan fingerprint density at radius 3 is 2.69 bits per heavy atom. The maximum atomic E-state index is 12.9. The highest BCUT2D eigenvalue weighted by molar-refractivity contribution is 6.03. The van der Waals surface area contributed by atoms with Gasteiger partial charge in [0.2, 0.25) is 0 Å². The summed E-state index contributed by atoms with van der Waals surface area (Å²) in [6.07, 6.45) is 2.86. The summed E-state index contributed by atoms with van der Waals surface area (Å²) >= 11 is 0. The van der Waals surface area contributed by atoms with Gasteiger partial charge in [0.25, 0.3) is 11.5 Å². The van der Waals surface area contributed by atoms with E-state index in [2.05, 4.69) is 15.5 Å². The normalized spacial score (nSPS) is 12.8. The van der Waals surface area contributed by atoms with E-state index in [9.17, 15) is 9.59 Å². The summed E-state index contributed by atoms with van der Waals surface area (Å²) in [5.41, 5.74) is 3.64. The highest BCUT2D eigenvalue weighted by Crippen LogP contribution is 2.20. The third-order valence-corrected chi connectivity index (χ3v) is 4.85. The number of nitrogens with zero attached hydrogens (tertiary/aromatic N) is 4. The van der Waals surface area contributed by atoms with Gasteiger partial charge in [0, 0.05) is 7.05 Å². The first-order valence-corrected chi connectivity index (χ1v) is 8.57. The molecule has 1 amide bonds. The molecule has 132 valence electrons. The van der Waals surface area contributed by atoms with Crippen LogP contribution < -0.4 is 10.9 Å². The van der Waals surface area contributed by atoms with E-state index in [0.717, 1.165) is 36.2 Å². The van der Waals surface area contributed by atoms with Crippen LogP contribution in [0, 0.1) is 6.92 Å². The van der Waals surface area contributed by atoms with E-state index in [4.69, 9.17) is 0 Å². The second kappa shape index (κ2) is 6.25. The fourth-order valence-corrected chi connectivity index (χ4v) is 3.33. The average Bonchev–Trinajstić information content (AvgIpc) is 3.20. The molecule has 1 aliphatic carbocycles. The first-order valence-electron chi connectivity index (χ1n) is 8.57. The molecule has 4 rings (SSSR count). The first kappa shape index (κ1) is 16.3. The van der Waals surface area contributed by atoms with Gasteiger partial charge in [0.05, 0.1) is 17.1 Å². The Morgan fingerprint density at radius 1 is 1.15 bits per heavy atom. The second-order valence-corrected chi connectivity index (χ2v) is 6.45. The van der Waals surface area contributed by atoms with Gasteiger partial charge in [-0.2, -0.15) is 5.10 Å². The summed E-state index contributed by atoms with van der Waals surface area (Å²) in [4.78, 5) is 25.5. The largest absolute Gasteiger partial charge is 0.314 e. The summed E-state index contributed by atoms with van der Waals surface area (Å²) in [7, 11) is 1.79. The van der Waals surface area contributed by atoms with Crippen LogP contribution in [0.1, 0.15) is 33.9 Å². The van der Waals surface area contributed by atoms with Crippen LogP contribution in [0.3, 0.4) is 0 Å². The number of anilines is 1. The number of carbonyl (C=O) groups is 1. The molecule has 0 bridgehead atoms. The Hall–Kier alpha value is -3.22. The van der Waals surface area contributed by atoms with Crippen molar-refractivity contribution in [2.45, 2.75) is 26.2 Å². The Bertz CT molecular complexity index is 1050. The number of aromatic nitrogens is 4. The Labute approximate surface area is 150 Å². The first-order chi connectivity index (χ1) is 12.6. The highest BCUT2D eigenvalue weighted by Gasteiger charge is 2.21. The second-order valence-electron chi connectivity index (χ2n) is 6.45. The number of amides is 1. The molecule has 1 aliphatic rings. The zero-order valence-corrected chi connectivity index (χ0v) is 14.7. The van der Waals surface area contributed by atoms with E-state index < -0.39 is 5.91 Å². The molecule has 1 aromatic carbocycles. The molecule has 7 nitrogen and oxygen atoms in total. The molecule has 0 unspecified atom stereocenters. The summed E-state index contributed by atoms with van der Waals surface area (Å²) in [5, 5.41) is 10.9. The van der Waals surface area contributed by atoms with Gasteiger partial charge in [0.1, 0.15) is 5.69 Å². The number of aryl methyl sites for hydroxylation is 2. The van der Waals surface area contributed by atoms with Crippen molar-refractivity contribution < 1.29 is 4.79 Å². The van der Waals surface area contributed by atoms with E-state index in [1.807, 2.05) is 30.3 Å². The predicted molar refractivity (Wildman–Crippen MR) is 97.8 cm³/mol. The molecular formula is C19H19N5O2. The maximum Gasteiger partial charge on any atom is 0.295 e. The van der Waals surface area contributed by atoms with Crippen LogP contribution in [-0.4, -0.2) is 25.5 Å².